The molecule has 4 nitrogen and oxygen atoms in total. The number of fused-ring (bicyclic) bond motifs is 1. The van der Waals surface area contributed by atoms with Crippen LogP contribution in [0.1, 0.15) is 19.3 Å². The van der Waals surface area contributed by atoms with Crippen LogP contribution in [0.4, 0.5) is 0 Å². The predicted octanol–water partition coefficient (Wildman–Crippen LogP) is 3.59. The van der Waals surface area contributed by atoms with E-state index < -0.39 is 0 Å². The van der Waals surface area contributed by atoms with Gasteiger partial charge in [-0.15, -0.1) is 0 Å². The molecule has 106 valence electrons. The molecule has 2 aromatic rings. The maximum absolute atomic E-state index is 11.9. The molecule has 0 bridgehead atoms. The fourth-order valence-corrected chi connectivity index (χ4v) is 3.27. The van der Waals surface area contributed by atoms with E-state index in [4.69, 9.17) is 16.0 Å². The Hall–Kier alpha value is -1.20. The highest BCUT2D eigenvalue weighted by Crippen LogP contribution is 2.28. The van der Waals surface area contributed by atoms with Gasteiger partial charge in [0.15, 0.2) is 5.58 Å². The van der Waals surface area contributed by atoms with Crippen molar-refractivity contribution in [2.45, 2.75) is 24.5 Å². The zero-order valence-electron chi connectivity index (χ0n) is 11.0. The summed E-state index contributed by atoms with van der Waals surface area (Å²) in [5, 5.41) is 1.16. The summed E-state index contributed by atoms with van der Waals surface area (Å²) in [5.41, 5.74) is 1.37. The molecular weight excluding hydrogens is 296 g/mol. The number of thioether (sulfide) groups is 1. The van der Waals surface area contributed by atoms with Gasteiger partial charge < -0.3 is 9.32 Å². The SMILES string of the molecule is O=C(CCSc1nc2c(Cl)cccc2o1)N1CCCC1. The van der Waals surface area contributed by atoms with Crippen molar-refractivity contribution >= 4 is 40.4 Å². The number of oxazole rings is 1. The summed E-state index contributed by atoms with van der Waals surface area (Å²) in [5.74, 6) is 0.906. The summed E-state index contributed by atoms with van der Waals surface area (Å²) >= 11 is 7.51. The van der Waals surface area contributed by atoms with Gasteiger partial charge in [-0.2, -0.15) is 0 Å². The van der Waals surface area contributed by atoms with Gasteiger partial charge in [0.25, 0.3) is 5.22 Å². The molecule has 0 saturated carbocycles. The summed E-state index contributed by atoms with van der Waals surface area (Å²) in [6.07, 6.45) is 2.78. The van der Waals surface area contributed by atoms with Gasteiger partial charge in [0.1, 0.15) is 5.52 Å². The first kappa shape index (κ1) is 13.8. The third kappa shape index (κ3) is 2.94. The second-order valence-corrected chi connectivity index (χ2v) is 6.21. The number of amides is 1. The Morgan fingerprint density at radius 1 is 1.40 bits per heavy atom. The van der Waals surface area contributed by atoms with Crippen LogP contribution in [-0.4, -0.2) is 34.6 Å². The first-order valence-electron chi connectivity index (χ1n) is 6.70. The van der Waals surface area contributed by atoms with Crippen LogP contribution < -0.4 is 0 Å². The van der Waals surface area contributed by atoms with E-state index >= 15 is 0 Å². The van der Waals surface area contributed by atoms with Crippen molar-refractivity contribution < 1.29 is 9.21 Å². The van der Waals surface area contributed by atoms with E-state index in [0.717, 1.165) is 25.9 Å². The number of halogens is 1. The number of hydrogen-bond acceptors (Lipinski definition) is 4. The molecule has 0 spiro atoms. The minimum Gasteiger partial charge on any atom is -0.431 e. The number of rotatable bonds is 4. The Kier molecular flexibility index (Phi) is 4.17. The standard InChI is InChI=1S/C14H15ClN2O2S/c15-10-4-3-5-11-13(10)16-14(19-11)20-9-6-12(18)17-7-1-2-8-17/h3-5H,1-2,6-9H2. The molecule has 1 saturated heterocycles. The summed E-state index contributed by atoms with van der Waals surface area (Å²) in [7, 11) is 0. The average Bonchev–Trinajstić information content (AvgIpc) is 3.07. The normalized spacial score (nSPS) is 15.2. The molecule has 0 N–H and O–H groups in total. The van der Waals surface area contributed by atoms with Crippen LogP contribution >= 0.6 is 23.4 Å². The van der Waals surface area contributed by atoms with Crippen LogP contribution in [0.2, 0.25) is 5.02 Å². The fourth-order valence-electron chi connectivity index (χ4n) is 2.31. The molecule has 1 aromatic carbocycles. The number of carbonyl (C=O) groups is 1. The van der Waals surface area contributed by atoms with Crippen molar-refractivity contribution in [2.24, 2.45) is 0 Å². The van der Waals surface area contributed by atoms with Gasteiger partial charge in [0.2, 0.25) is 5.91 Å². The van der Waals surface area contributed by atoms with Gasteiger partial charge in [0.05, 0.1) is 5.02 Å². The monoisotopic (exact) mass is 310 g/mol. The topological polar surface area (TPSA) is 46.3 Å². The van der Waals surface area contributed by atoms with Crippen LogP contribution in [0, 0.1) is 0 Å². The van der Waals surface area contributed by atoms with Gasteiger partial charge in [-0.25, -0.2) is 4.98 Å². The number of aromatic nitrogens is 1. The van der Waals surface area contributed by atoms with Gasteiger partial charge >= 0.3 is 0 Å². The molecular formula is C14H15ClN2O2S. The number of likely N-dealkylation sites (tertiary alicyclic amines) is 1. The number of para-hydroxylation sites is 1. The molecule has 1 fully saturated rings. The molecule has 0 atom stereocenters. The fraction of sp³-hybridized carbons (Fsp3) is 0.429. The summed E-state index contributed by atoms with van der Waals surface area (Å²) in [6.45, 7) is 1.81. The molecule has 0 aliphatic carbocycles. The smallest absolute Gasteiger partial charge is 0.256 e. The molecule has 20 heavy (non-hydrogen) atoms. The molecule has 1 aliphatic heterocycles. The number of benzene rings is 1. The minimum absolute atomic E-state index is 0.226. The van der Waals surface area contributed by atoms with E-state index in [1.807, 2.05) is 17.0 Å². The number of nitrogens with zero attached hydrogens (tertiary/aromatic N) is 2. The molecule has 6 heteroatoms. The zero-order chi connectivity index (χ0) is 13.9. The molecule has 0 radical (unpaired) electrons. The van der Waals surface area contributed by atoms with E-state index in [2.05, 4.69) is 4.98 Å². The van der Waals surface area contributed by atoms with Crippen molar-refractivity contribution in [1.29, 1.82) is 0 Å². The second-order valence-electron chi connectivity index (χ2n) is 4.75. The molecule has 0 unspecified atom stereocenters. The van der Waals surface area contributed by atoms with E-state index in [-0.39, 0.29) is 5.91 Å². The highest BCUT2D eigenvalue weighted by atomic mass is 35.5. The molecule has 2 heterocycles. The van der Waals surface area contributed by atoms with Crippen LogP contribution in [-0.2, 0) is 4.79 Å². The molecule has 1 aromatic heterocycles. The van der Waals surface area contributed by atoms with E-state index in [9.17, 15) is 4.79 Å². The van der Waals surface area contributed by atoms with E-state index in [1.54, 1.807) is 6.07 Å². The quantitative estimate of drug-likeness (QED) is 0.810. The lowest BCUT2D eigenvalue weighted by atomic mass is 10.3. The van der Waals surface area contributed by atoms with Gasteiger partial charge in [-0.1, -0.05) is 29.4 Å². The van der Waals surface area contributed by atoms with Gasteiger partial charge in [-0.05, 0) is 25.0 Å². The third-order valence-corrected chi connectivity index (χ3v) is 4.49. The highest BCUT2D eigenvalue weighted by molar-refractivity contribution is 7.99. The van der Waals surface area contributed by atoms with Crippen molar-refractivity contribution in [3.05, 3.63) is 23.2 Å². The lowest BCUT2D eigenvalue weighted by molar-refractivity contribution is -0.129. The maximum atomic E-state index is 11.9. The Morgan fingerprint density at radius 2 is 2.20 bits per heavy atom. The van der Waals surface area contributed by atoms with Crippen molar-refractivity contribution in [3.63, 3.8) is 0 Å². The van der Waals surface area contributed by atoms with Crippen LogP contribution in [0.3, 0.4) is 0 Å². The Balaban J connectivity index is 1.57. The Labute approximate surface area is 126 Å². The van der Waals surface area contributed by atoms with E-state index in [0.29, 0.717) is 33.5 Å². The summed E-state index contributed by atoms with van der Waals surface area (Å²) in [6, 6.07) is 5.46. The molecule has 3 rings (SSSR count). The van der Waals surface area contributed by atoms with Crippen molar-refractivity contribution in [1.82, 2.24) is 9.88 Å². The molecule has 1 aliphatic rings. The minimum atomic E-state index is 0.226. The number of carbonyl (C=O) groups excluding carboxylic acids is 1. The van der Waals surface area contributed by atoms with Crippen LogP contribution in [0.15, 0.2) is 27.8 Å². The summed E-state index contributed by atoms with van der Waals surface area (Å²) in [4.78, 5) is 18.2. The first-order chi connectivity index (χ1) is 9.74. The van der Waals surface area contributed by atoms with Crippen LogP contribution in [0.25, 0.3) is 11.1 Å². The zero-order valence-corrected chi connectivity index (χ0v) is 12.5. The maximum Gasteiger partial charge on any atom is 0.256 e. The average molecular weight is 311 g/mol. The third-order valence-electron chi connectivity index (χ3n) is 3.35. The Bertz CT molecular complexity index is 623. The number of hydrogen-bond donors (Lipinski definition) is 0. The van der Waals surface area contributed by atoms with E-state index in [1.165, 1.54) is 11.8 Å². The largest absolute Gasteiger partial charge is 0.431 e. The van der Waals surface area contributed by atoms with Crippen LogP contribution in [0.5, 0.6) is 0 Å². The van der Waals surface area contributed by atoms with Crippen molar-refractivity contribution in [2.75, 3.05) is 18.8 Å². The Morgan fingerprint density at radius 3 is 2.95 bits per heavy atom. The lowest BCUT2D eigenvalue weighted by Gasteiger charge is -2.14. The van der Waals surface area contributed by atoms with Crippen molar-refractivity contribution in [3.8, 4) is 0 Å². The van der Waals surface area contributed by atoms with Gasteiger partial charge in [0, 0.05) is 25.3 Å². The molecule has 1 amide bonds. The van der Waals surface area contributed by atoms with Gasteiger partial charge in [-0.3, -0.25) is 4.79 Å². The summed E-state index contributed by atoms with van der Waals surface area (Å²) < 4.78 is 5.60. The predicted molar refractivity (Wildman–Crippen MR) is 80.2 cm³/mol. The second kappa shape index (κ2) is 6.06. The highest BCUT2D eigenvalue weighted by Gasteiger charge is 2.17. The first-order valence-corrected chi connectivity index (χ1v) is 8.06. The lowest BCUT2D eigenvalue weighted by Crippen LogP contribution is -2.27.